The second kappa shape index (κ2) is 4.74. The molecule has 1 aliphatic carbocycles. The zero-order chi connectivity index (χ0) is 14.3. The van der Waals surface area contributed by atoms with Crippen molar-refractivity contribution in [3.63, 3.8) is 0 Å². The van der Waals surface area contributed by atoms with E-state index in [1.807, 2.05) is 12.1 Å². The van der Waals surface area contributed by atoms with E-state index in [0.717, 1.165) is 24.9 Å². The van der Waals surface area contributed by atoms with Crippen LogP contribution in [-0.2, 0) is 13.0 Å². The second-order valence-corrected chi connectivity index (χ2v) is 6.62. The third-order valence-corrected chi connectivity index (χ3v) is 4.20. The van der Waals surface area contributed by atoms with Gasteiger partial charge in [-0.2, -0.15) is 0 Å². The van der Waals surface area contributed by atoms with Crippen molar-refractivity contribution in [1.82, 2.24) is 4.57 Å². The minimum absolute atomic E-state index is 0.128. The van der Waals surface area contributed by atoms with E-state index in [4.69, 9.17) is 5.73 Å². The summed E-state index contributed by atoms with van der Waals surface area (Å²) in [6, 6.07) is 8.98. The molecule has 1 heterocycles. The van der Waals surface area contributed by atoms with Gasteiger partial charge in [-0.05, 0) is 47.6 Å². The topological polar surface area (TPSA) is 30.9 Å². The molecule has 20 heavy (non-hydrogen) atoms. The molecular formula is C17H21FN2. The summed E-state index contributed by atoms with van der Waals surface area (Å²) in [6.07, 6.45) is 4.18. The van der Waals surface area contributed by atoms with Gasteiger partial charge in [-0.15, -0.1) is 0 Å². The lowest BCUT2D eigenvalue weighted by Gasteiger charge is -2.34. The normalized spacial score (nSPS) is 20.7. The van der Waals surface area contributed by atoms with Crippen LogP contribution in [0.5, 0.6) is 0 Å². The highest BCUT2D eigenvalue weighted by atomic mass is 19.1. The van der Waals surface area contributed by atoms with Crippen LogP contribution in [0.2, 0.25) is 0 Å². The molecule has 0 aliphatic heterocycles. The predicted octanol–water partition coefficient (Wildman–Crippen LogP) is 3.65. The Morgan fingerprint density at radius 3 is 2.65 bits per heavy atom. The van der Waals surface area contributed by atoms with Gasteiger partial charge in [0.25, 0.3) is 0 Å². The molecule has 1 atom stereocenters. The lowest BCUT2D eigenvalue weighted by Crippen LogP contribution is -2.30. The molecule has 0 spiro atoms. The lowest BCUT2D eigenvalue weighted by atomic mass is 9.74. The monoisotopic (exact) mass is 272 g/mol. The number of aromatic nitrogens is 1. The van der Waals surface area contributed by atoms with Gasteiger partial charge in [-0.1, -0.05) is 26.0 Å². The zero-order valence-corrected chi connectivity index (χ0v) is 12.1. The maximum absolute atomic E-state index is 13.0. The Morgan fingerprint density at radius 2 is 1.95 bits per heavy atom. The van der Waals surface area contributed by atoms with Crippen LogP contribution in [0.25, 0.3) is 0 Å². The summed E-state index contributed by atoms with van der Waals surface area (Å²) in [5.41, 5.74) is 10.2. The fraction of sp³-hybridized carbons (Fsp3) is 0.412. The van der Waals surface area contributed by atoms with Crippen LogP contribution in [0.15, 0.2) is 36.5 Å². The molecule has 3 heteroatoms. The van der Waals surface area contributed by atoms with Crippen molar-refractivity contribution in [3.05, 3.63) is 59.2 Å². The van der Waals surface area contributed by atoms with Crippen molar-refractivity contribution in [3.8, 4) is 0 Å². The van der Waals surface area contributed by atoms with Crippen molar-refractivity contribution in [2.45, 2.75) is 39.3 Å². The summed E-state index contributed by atoms with van der Waals surface area (Å²) in [7, 11) is 0. The molecule has 1 aromatic carbocycles. The number of nitrogens with zero attached hydrogens (tertiary/aromatic N) is 1. The van der Waals surface area contributed by atoms with Gasteiger partial charge in [0.1, 0.15) is 5.82 Å². The third-order valence-electron chi connectivity index (χ3n) is 4.20. The van der Waals surface area contributed by atoms with Crippen molar-refractivity contribution in [2.75, 3.05) is 0 Å². The molecular weight excluding hydrogens is 251 g/mol. The van der Waals surface area contributed by atoms with Gasteiger partial charge in [0.05, 0.1) is 0 Å². The Labute approximate surface area is 119 Å². The van der Waals surface area contributed by atoms with E-state index in [9.17, 15) is 4.39 Å². The minimum Gasteiger partial charge on any atom is -0.347 e. The first-order valence-corrected chi connectivity index (χ1v) is 7.12. The van der Waals surface area contributed by atoms with E-state index in [0.29, 0.717) is 0 Å². The largest absolute Gasteiger partial charge is 0.347 e. The Kier molecular flexibility index (Phi) is 3.17. The van der Waals surface area contributed by atoms with E-state index >= 15 is 0 Å². The predicted molar refractivity (Wildman–Crippen MR) is 79.0 cm³/mol. The molecule has 0 amide bonds. The maximum atomic E-state index is 13.0. The molecule has 1 aliphatic rings. The molecule has 1 aromatic heterocycles. The first-order chi connectivity index (χ1) is 9.44. The summed E-state index contributed by atoms with van der Waals surface area (Å²) >= 11 is 0. The molecule has 0 radical (unpaired) electrons. The molecule has 2 aromatic rings. The van der Waals surface area contributed by atoms with Crippen LogP contribution >= 0.6 is 0 Å². The standard InChI is InChI=1S/C17H21FN2/c1-17(2)9-15(19)14-7-8-20(16(14)10-17)11-12-3-5-13(18)6-4-12/h3-8,15H,9-11,19H2,1-2H3. The highest BCUT2D eigenvalue weighted by Crippen LogP contribution is 2.40. The molecule has 2 nitrogen and oxygen atoms in total. The minimum atomic E-state index is -0.188. The highest BCUT2D eigenvalue weighted by molar-refractivity contribution is 5.31. The first-order valence-electron chi connectivity index (χ1n) is 7.12. The van der Waals surface area contributed by atoms with Crippen molar-refractivity contribution >= 4 is 0 Å². The average Bonchev–Trinajstić information content (AvgIpc) is 2.74. The van der Waals surface area contributed by atoms with Crippen molar-refractivity contribution < 1.29 is 4.39 Å². The van der Waals surface area contributed by atoms with Gasteiger partial charge in [0.15, 0.2) is 0 Å². The van der Waals surface area contributed by atoms with Crippen LogP contribution in [-0.4, -0.2) is 4.57 Å². The number of rotatable bonds is 2. The van der Waals surface area contributed by atoms with Gasteiger partial charge in [-0.3, -0.25) is 0 Å². The molecule has 0 saturated heterocycles. The number of hydrogen-bond acceptors (Lipinski definition) is 1. The summed E-state index contributed by atoms with van der Waals surface area (Å²) in [5.74, 6) is -0.188. The van der Waals surface area contributed by atoms with Gasteiger partial charge in [-0.25, -0.2) is 4.39 Å². The number of fused-ring (bicyclic) bond motifs is 1. The first kappa shape index (κ1) is 13.4. The molecule has 1 unspecified atom stereocenters. The maximum Gasteiger partial charge on any atom is 0.123 e. The molecule has 0 fully saturated rings. The Morgan fingerprint density at radius 1 is 1.25 bits per heavy atom. The van der Waals surface area contributed by atoms with E-state index in [1.165, 1.54) is 23.4 Å². The smallest absolute Gasteiger partial charge is 0.123 e. The van der Waals surface area contributed by atoms with Crippen LogP contribution in [0.3, 0.4) is 0 Å². The summed E-state index contributed by atoms with van der Waals surface area (Å²) < 4.78 is 15.2. The van der Waals surface area contributed by atoms with Crippen LogP contribution in [0, 0.1) is 11.2 Å². The van der Waals surface area contributed by atoms with Crippen molar-refractivity contribution in [2.24, 2.45) is 11.1 Å². The Hall–Kier alpha value is -1.61. The highest BCUT2D eigenvalue weighted by Gasteiger charge is 2.32. The molecule has 0 saturated carbocycles. The van der Waals surface area contributed by atoms with Gasteiger partial charge >= 0.3 is 0 Å². The Bertz CT molecular complexity index is 610. The Balaban J connectivity index is 1.91. The number of benzene rings is 1. The van der Waals surface area contributed by atoms with E-state index in [-0.39, 0.29) is 17.3 Å². The third kappa shape index (κ3) is 2.50. The number of hydrogen-bond donors (Lipinski definition) is 1. The fourth-order valence-electron chi connectivity index (χ4n) is 3.23. The van der Waals surface area contributed by atoms with E-state index in [1.54, 1.807) is 0 Å². The van der Waals surface area contributed by atoms with Gasteiger partial charge < -0.3 is 10.3 Å². The van der Waals surface area contributed by atoms with Crippen molar-refractivity contribution in [1.29, 1.82) is 0 Å². The summed E-state index contributed by atoms with van der Waals surface area (Å²) in [5, 5.41) is 0. The summed E-state index contributed by atoms with van der Waals surface area (Å²) in [4.78, 5) is 0. The number of halogens is 1. The summed E-state index contributed by atoms with van der Waals surface area (Å²) in [6.45, 7) is 5.31. The molecule has 3 rings (SSSR count). The van der Waals surface area contributed by atoms with Crippen LogP contribution < -0.4 is 5.73 Å². The zero-order valence-electron chi connectivity index (χ0n) is 12.1. The quantitative estimate of drug-likeness (QED) is 0.889. The average molecular weight is 272 g/mol. The molecule has 106 valence electrons. The van der Waals surface area contributed by atoms with Crippen LogP contribution in [0.1, 0.15) is 43.1 Å². The molecule has 2 N–H and O–H groups in total. The fourth-order valence-corrected chi connectivity index (χ4v) is 3.23. The van der Waals surface area contributed by atoms with Gasteiger partial charge in [0.2, 0.25) is 0 Å². The second-order valence-electron chi connectivity index (χ2n) is 6.62. The SMILES string of the molecule is CC1(C)Cc2c(ccn2Cc2ccc(F)cc2)C(N)C1. The van der Waals surface area contributed by atoms with Crippen LogP contribution in [0.4, 0.5) is 4.39 Å². The van der Waals surface area contributed by atoms with E-state index < -0.39 is 0 Å². The molecule has 0 bridgehead atoms. The number of nitrogens with two attached hydrogens (primary N) is 1. The van der Waals surface area contributed by atoms with Gasteiger partial charge in [0, 0.05) is 24.5 Å². The lowest BCUT2D eigenvalue weighted by molar-refractivity contribution is 0.276. The van der Waals surface area contributed by atoms with E-state index in [2.05, 4.69) is 30.7 Å².